The van der Waals surface area contributed by atoms with Crippen LogP contribution in [0.1, 0.15) is 60.8 Å². The molecule has 0 aliphatic heterocycles. The van der Waals surface area contributed by atoms with E-state index in [4.69, 9.17) is 5.41 Å². The monoisotopic (exact) mass is 214 g/mol. The van der Waals surface area contributed by atoms with Crippen LogP contribution < -0.4 is 0 Å². The molecule has 0 heterocycles. The molecule has 0 amide bonds. The number of rotatable bonds is 5. The van der Waals surface area contributed by atoms with Gasteiger partial charge in [0, 0.05) is 13.0 Å². The van der Waals surface area contributed by atoms with Crippen molar-refractivity contribution in [2.24, 2.45) is 0 Å². The third-order valence-corrected chi connectivity index (χ3v) is 1.65. The van der Waals surface area contributed by atoms with Crippen molar-refractivity contribution in [3.63, 3.8) is 0 Å². The van der Waals surface area contributed by atoms with Crippen molar-refractivity contribution in [2.45, 2.75) is 60.8 Å². The highest BCUT2D eigenvalue weighted by Gasteiger charge is 2.01. The molecule has 2 heteroatoms. The van der Waals surface area contributed by atoms with Crippen molar-refractivity contribution in [2.75, 3.05) is 6.54 Å². The molecule has 2 nitrogen and oxygen atoms in total. The van der Waals surface area contributed by atoms with Crippen LogP contribution in [-0.2, 0) is 0 Å². The Morgan fingerprint density at radius 2 is 1.67 bits per heavy atom. The second-order valence-electron chi connectivity index (χ2n) is 2.53. The fourth-order valence-electron chi connectivity index (χ4n) is 0.868. The quantitative estimate of drug-likeness (QED) is 0.522. The Hall–Kier alpha value is -0.790. The van der Waals surface area contributed by atoms with Gasteiger partial charge in [-0.15, -0.1) is 0 Å². The first kappa shape index (κ1) is 19.7. The SMILES string of the molecule is C=CN(CCCC)C(=N)CC.CC.CC. The zero-order valence-corrected chi connectivity index (χ0v) is 11.6. The van der Waals surface area contributed by atoms with E-state index in [2.05, 4.69) is 13.5 Å². The number of nitrogens with zero attached hydrogens (tertiary/aromatic N) is 1. The summed E-state index contributed by atoms with van der Waals surface area (Å²) >= 11 is 0. The molecule has 0 rings (SSSR count). The smallest absolute Gasteiger partial charge is 0.0994 e. The summed E-state index contributed by atoms with van der Waals surface area (Å²) in [6, 6.07) is 0. The van der Waals surface area contributed by atoms with Crippen molar-refractivity contribution in [1.82, 2.24) is 4.90 Å². The van der Waals surface area contributed by atoms with Gasteiger partial charge in [0.25, 0.3) is 0 Å². The molecule has 92 valence electrons. The van der Waals surface area contributed by atoms with Crippen molar-refractivity contribution in [3.8, 4) is 0 Å². The van der Waals surface area contributed by atoms with E-state index in [1.54, 1.807) is 6.20 Å². The first-order chi connectivity index (χ1) is 7.26. The minimum absolute atomic E-state index is 0.661. The summed E-state index contributed by atoms with van der Waals surface area (Å²) in [6.45, 7) is 16.7. The van der Waals surface area contributed by atoms with Crippen LogP contribution in [0.2, 0.25) is 0 Å². The first-order valence-electron chi connectivity index (χ1n) is 6.22. The fourth-order valence-corrected chi connectivity index (χ4v) is 0.868. The highest BCUT2D eigenvalue weighted by Crippen LogP contribution is 1.98. The molecule has 15 heavy (non-hydrogen) atoms. The predicted octanol–water partition coefficient (Wildman–Crippen LogP) is 4.67. The van der Waals surface area contributed by atoms with Crippen LogP contribution in [0.3, 0.4) is 0 Å². The Labute approximate surface area is 96.9 Å². The predicted molar refractivity (Wildman–Crippen MR) is 72.5 cm³/mol. The Morgan fingerprint density at radius 3 is 1.93 bits per heavy atom. The molecule has 0 aromatic heterocycles. The van der Waals surface area contributed by atoms with Crippen LogP contribution in [0.4, 0.5) is 0 Å². The average molecular weight is 214 g/mol. The lowest BCUT2D eigenvalue weighted by atomic mass is 10.3. The van der Waals surface area contributed by atoms with E-state index >= 15 is 0 Å². The largest absolute Gasteiger partial charge is 0.338 e. The second-order valence-corrected chi connectivity index (χ2v) is 2.53. The van der Waals surface area contributed by atoms with E-state index in [1.165, 1.54) is 6.42 Å². The zero-order valence-electron chi connectivity index (χ0n) is 11.6. The highest BCUT2D eigenvalue weighted by molar-refractivity contribution is 5.79. The van der Waals surface area contributed by atoms with Crippen molar-refractivity contribution < 1.29 is 0 Å². The summed E-state index contributed by atoms with van der Waals surface area (Å²) < 4.78 is 0. The molecule has 0 saturated carbocycles. The van der Waals surface area contributed by atoms with Crippen LogP contribution >= 0.6 is 0 Å². The molecule has 0 radical (unpaired) electrons. The molecule has 0 fully saturated rings. The molecule has 0 spiro atoms. The van der Waals surface area contributed by atoms with Crippen molar-refractivity contribution in [1.29, 1.82) is 5.41 Å². The number of hydrogen-bond donors (Lipinski definition) is 1. The van der Waals surface area contributed by atoms with E-state index in [1.807, 2.05) is 39.5 Å². The van der Waals surface area contributed by atoms with Crippen LogP contribution in [0, 0.1) is 5.41 Å². The molecule has 0 atom stereocenters. The van der Waals surface area contributed by atoms with Crippen molar-refractivity contribution >= 4 is 5.84 Å². The molecule has 0 bridgehead atoms. The maximum Gasteiger partial charge on any atom is 0.0994 e. The molecule has 0 aliphatic rings. The Morgan fingerprint density at radius 1 is 1.20 bits per heavy atom. The van der Waals surface area contributed by atoms with Gasteiger partial charge < -0.3 is 4.90 Å². The van der Waals surface area contributed by atoms with Gasteiger partial charge in [-0.2, -0.15) is 0 Å². The van der Waals surface area contributed by atoms with E-state index in [0.29, 0.717) is 5.84 Å². The summed E-state index contributed by atoms with van der Waals surface area (Å²) in [5.74, 6) is 0.661. The van der Waals surface area contributed by atoms with Crippen LogP contribution in [0.5, 0.6) is 0 Å². The number of amidine groups is 1. The van der Waals surface area contributed by atoms with E-state index in [9.17, 15) is 0 Å². The standard InChI is InChI=1S/C9H18N2.2C2H6/c1-4-7-8-11(6-3)9(10)5-2;2*1-2/h6,10H,3-5,7-8H2,1-2H3;2*1-2H3. The summed E-state index contributed by atoms with van der Waals surface area (Å²) in [6.07, 6.45) is 4.83. The van der Waals surface area contributed by atoms with Crippen LogP contribution in [0.15, 0.2) is 12.8 Å². The third kappa shape index (κ3) is 13.2. The molecule has 0 aromatic carbocycles. The summed E-state index contributed by atoms with van der Waals surface area (Å²) in [5, 5.41) is 7.53. The number of hydrogen-bond acceptors (Lipinski definition) is 1. The van der Waals surface area contributed by atoms with Gasteiger partial charge >= 0.3 is 0 Å². The minimum Gasteiger partial charge on any atom is -0.338 e. The van der Waals surface area contributed by atoms with Gasteiger partial charge in [0.2, 0.25) is 0 Å². The van der Waals surface area contributed by atoms with E-state index < -0.39 is 0 Å². The molecule has 0 unspecified atom stereocenters. The van der Waals surface area contributed by atoms with Crippen molar-refractivity contribution in [3.05, 3.63) is 12.8 Å². The minimum atomic E-state index is 0.661. The molecular weight excluding hydrogens is 184 g/mol. The highest BCUT2D eigenvalue weighted by atomic mass is 15.1. The van der Waals surface area contributed by atoms with Crippen LogP contribution in [0.25, 0.3) is 0 Å². The maximum atomic E-state index is 7.53. The fraction of sp³-hybridized carbons (Fsp3) is 0.769. The Kier molecular flexibility index (Phi) is 24.9. The van der Waals surface area contributed by atoms with E-state index in [0.717, 1.165) is 19.4 Å². The van der Waals surface area contributed by atoms with Gasteiger partial charge in [-0.1, -0.05) is 54.5 Å². The van der Waals surface area contributed by atoms with Gasteiger partial charge in [0.15, 0.2) is 0 Å². The number of unbranched alkanes of at least 4 members (excludes halogenated alkanes) is 1. The molecule has 0 aromatic rings. The molecular formula is C13H30N2. The topological polar surface area (TPSA) is 27.1 Å². The second kappa shape index (κ2) is 18.9. The average Bonchev–Trinajstić information content (AvgIpc) is 2.34. The normalized spacial score (nSPS) is 7.60. The van der Waals surface area contributed by atoms with Gasteiger partial charge in [-0.05, 0) is 12.6 Å². The molecule has 1 N–H and O–H groups in total. The third-order valence-electron chi connectivity index (χ3n) is 1.65. The van der Waals surface area contributed by atoms with E-state index in [-0.39, 0.29) is 0 Å². The summed E-state index contributed by atoms with van der Waals surface area (Å²) in [7, 11) is 0. The first-order valence-corrected chi connectivity index (χ1v) is 6.22. The van der Waals surface area contributed by atoms with Gasteiger partial charge in [0.1, 0.15) is 0 Å². The molecule has 0 saturated heterocycles. The Bertz CT molecular complexity index is 130. The van der Waals surface area contributed by atoms with Gasteiger partial charge in [-0.3, -0.25) is 5.41 Å². The molecule has 0 aliphatic carbocycles. The van der Waals surface area contributed by atoms with Gasteiger partial charge in [0.05, 0.1) is 5.84 Å². The number of nitrogens with one attached hydrogen (secondary N) is 1. The maximum absolute atomic E-state index is 7.53. The lowest BCUT2D eigenvalue weighted by Gasteiger charge is -2.18. The summed E-state index contributed by atoms with van der Waals surface area (Å²) in [4.78, 5) is 1.91. The summed E-state index contributed by atoms with van der Waals surface area (Å²) in [5.41, 5.74) is 0. The van der Waals surface area contributed by atoms with Gasteiger partial charge in [-0.25, -0.2) is 0 Å². The zero-order chi connectivity index (χ0) is 12.7. The Balaban J connectivity index is -0.000000318. The lowest BCUT2D eigenvalue weighted by molar-refractivity contribution is 0.516. The lowest BCUT2D eigenvalue weighted by Crippen LogP contribution is -2.24. The van der Waals surface area contributed by atoms with Crippen LogP contribution in [-0.4, -0.2) is 17.3 Å².